The molecule has 3 unspecified atom stereocenters. The summed E-state index contributed by atoms with van der Waals surface area (Å²) in [4.78, 5) is 0. The normalized spacial score (nSPS) is 51.5. The molecule has 0 aliphatic heterocycles. The van der Waals surface area contributed by atoms with Gasteiger partial charge in [0, 0.05) is 6.10 Å². The molecule has 0 spiro atoms. The second-order valence-corrected chi connectivity index (χ2v) is 16.5. The van der Waals surface area contributed by atoms with Gasteiger partial charge in [-0.25, -0.2) is 0 Å². The smallest absolute Gasteiger partial charge is 0.184 e. The van der Waals surface area contributed by atoms with Gasteiger partial charge in [0.1, 0.15) is 0 Å². The lowest BCUT2D eigenvalue weighted by molar-refractivity contribution is -0.124. The van der Waals surface area contributed by atoms with Crippen LogP contribution in [0.3, 0.4) is 0 Å². The van der Waals surface area contributed by atoms with Crippen molar-refractivity contribution in [1.82, 2.24) is 0 Å². The zero-order valence-electron chi connectivity index (χ0n) is 18.4. The predicted octanol–water partition coefficient (Wildman–Crippen LogP) is 7.28. The fraction of sp³-hybridized carbons (Fsp3) is 1.00. The van der Waals surface area contributed by atoms with Gasteiger partial charge >= 0.3 is 0 Å². The average Bonchev–Trinajstić information content (AvgIpc) is 2.90. The van der Waals surface area contributed by atoms with Crippen molar-refractivity contribution < 1.29 is 4.43 Å². The fourth-order valence-electron chi connectivity index (χ4n) is 8.61. The van der Waals surface area contributed by atoms with E-state index in [0.29, 0.717) is 16.9 Å². The van der Waals surface area contributed by atoms with Crippen molar-refractivity contribution in [3.05, 3.63) is 0 Å². The summed E-state index contributed by atoms with van der Waals surface area (Å²) >= 11 is 0. The minimum absolute atomic E-state index is 0.570. The Morgan fingerprint density at radius 1 is 0.846 bits per heavy atom. The Balaban J connectivity index is 1.51. The van der Waals surface area contributed by atoms with E-state index >= 15 is 0 Å². The van der Waals surface area contributed by atoms with Gasteiger partial charge in [-0.1, -0.05) is 27.2 Å². The summed E-state index contributed by atoms with van der Waals surface area (Å²) < 4.78 is 6.56. The molecule has 150 valence electrons. The third-order valence-electron chi connectivity index (χ3n) is 9.83. The molecule has 4 saturated carbocycles. The van der Waals surface area contributed by atoms with Crippen LogP contribution in [0.15, 0.2) is 0 Å². The van der Waals surface area contributed by atoms with Crippen molar-refractivity contribution >= 4 is 8.32 Å². The summed E-state index contributed by atoms with van der Waals surface area (Å²) in [6.07, 6.45) is 15.3. The number of hydrogen-bond acceptors (Lipinski definition) is 1. The first-order valence-electron chi connectivity index (χ1n) is 11.8. The second-order valence-electron chi connectivity index (χ2n) is 12.0. The topological polar surface area (TPSA) is 9.23 Å². The molecule has 2 heteroatoms. The molecule has 0 heterocycles. The Bertz CT molecular complexity index is 525. The highest BCUT2D eigenvalue weighted by molar-refractivity contribution is 6.69. The maximum Gasteiger partial charge on any atom is 0.184 e. The standard InChI is InChI=1S/C24H44OSi/c1-7-17-9-11-21-20-10-8-18-16-19(25-26(4,5)6)12-14-24(18,3)22(20)13-15-23(17,21)2/h17-22H,7-16H2,1-6H3/t17-,18-,19+,20?,21?,22?,23+,24-/m0/s1. The van der Waals surface area contributed by atoms with Crippen molar-refractivity contribution in [2.24, 2.45) is 40.4 Å². The lowest BCUT2D eigenvalue weighted by Gasteiger charge is -2.61. The van der Waals surface area contributed by atoms with Crippen LogP contribution >= 0.6 is 0 Å². The van der Waals surface area contributed by atoms with Gasteiger partial charge in [0.25, 0.3) is 0 Å². The van der Waals surface area contributed by atoms with E-state index in [1.54, 1.807) is 0 Å². The number of rotatable bonds is 3. The van der Waals surface area contributed by atoms with Crippen LogP contribution in [-0.4, -0.2) is 14.4 Å². The van der Waals surface area contributed by atoms with Crippen LogP contribution in [0.5, 0.6) is 0 Å². The van der Waals surface area contributed by atoms with Gasteiger partial charge in [-0.15, -0.1) is 0 Å². The molecule has 4 rings (SSSR count). The van der Waals surface area contributed by atoms with E-state index < -0.39 is 8.32 Å². The van der Waals surface area contributed by atoms with E-state index in [-0.39, 0.29) is 0 Å². The Morgan fingerprint density at radius 2 is 1.54 bits per heavy atom. The molecule has 0 N–H and O–H groups in total. The molecule has 1 nitrogen and oxygen atoms in total. The SMILES string of the molecule is CC[C@H]1CCC2C3CC[C@H]4C[C@H](O[Si](C)(C)C)CC[C@]4(C)C3CC[C@@]21C. The molecule has 0 aromatic carbocycles. The number of hydrogen-bond donors (Lipinski definition) is 0. The first-order chi connectivity index (χ1) is 12.2. The Hall–Kier alpha value is 0.177. The lowest BCUT2D eigenvalue weighted by Crippen LogP contribution is -2.54. The van der Waals surface area contributed by atoms with Crippen molar-refractivity contribution in [3.8, 4) is 0 Å². The average molecular weight is 377 g/mol. The zero-order chi connectivity index (χ0) is 18.7. The van der Waals surface area contributed by atoms with Crippen molar-refractivity contribution in [2.45, 2.75) is 111 Å². The van der Waals surface area contributed by atoms with Crippen molar-refractivity contribution in [2.75, 3.05) is 0 Å². The van der Waals surface area contributed by atoms with Gasteiger partial charge in [-0.05, 0) is 118 Å². The van der Waals surface area contributed by atoms with Crippen LogP contribution in [0, 0.1) is 40.4 Å². The minimum atomic E-state index is -1.40. The molecule has 0 bridgehead atoms. The maximum atomic E-state index is 6.56. The zero-order valence-corrected chi connectivity index (χ0v) is 19.4. The van der Waals surface area contributed by atoms with E-state index in [9.17, 15) is 0 Å². The van der Waals surface area contributed by atoms with Gasteiger partial charge in [0.15, 0.2) is 8.32 Å². The third kappa shape index (κ3) is 3.06. The minimum Gasteiger partial charge on any atom is -0.415 e. The molecular formula is C24H44OSi. The molecular weight excluding hydrogens is 332 g/mol. The highest BCUT2D eigenvalue weighted by Crippen LogP contribution is 2.67. The quantitative estimate of drug-likeness (QED) is 0.470. The molecule has 4 aliphatic rings. The molecule has 8 atom stereocenters. The second kappa shape index (κ2) is 6.61. The first-order valence-corrected chi connectivity index (χ1v) is 15.3. The largest absolute Gasteiger partial charge is 0.415 e. The van der Waals surface area contributed by atoms with Crippen LogP contribution in [-0.2, 0) is 4.43 Å². The van der Waals surface area contributed by atoms with E-state index in [4.69, 9.17) is 4.43 Å². The van der Waals surface area contributed by atoms with E-state index in [0.717, 1.165) is 29.6 Å². The van der Waals surface area contributed by atoms with Crippen molar-refractivity contribution in [3.63, 3.8) is 0 Å². The van der Waals surface area contributed by atoms with Crippen molar-refractivity contribution in [1.29, 1.82) is 0 Å². The Labute approximate surface area is 164 Å². The summed E-state index contributed by atoms with van der Waals surface area (Å²) in [5.74, 6) is 5.05. The molecule has 4 aliphatic carbocycles. The summed E-state index contributed by atoms with van der Waals surface area (Å²) in [6, 6.07) is 0. The van der Waals surface area contributed by atoms with E-state index in [2.05, 4.69) is 40.4 Å². The molecule has 0 radical (unpaired) electrons. The monoisotopic (exact) mass is 376 g/mol. The van der Waals surface area contributed by atoms with Gasteiger partial charge in [-0.2, -0.15) is 0 Å². The number of fused-ring (bicyclic) bond motifs is 5. The fourth-order valence-corrected chi connectivity index (χ4v) is 9.82. The summed E-state index contributed by atoms with van der Waals surface area (Å²) in [7, 11) is -1.40. The summed E-state index contributed by atoms with van der Waals surface area (Å²) in [6.45, 7) is 14.9. The molecule has 26 heavy (non-hydrogen) atoms. The highest BCUT2D eigenvalue weighted by Gasteiger charge is 2.59. The Kier molecular flexibility index (Phi) is 4.96. The van der Waals surface area contributed by atoms with Crippen LogP contribution in [0.4, 0.5) is 0 Å². The van der Waals surface area contributed by atoms with Crippen LogP contribution in [0.25, 0.3) is 0 Å². The van der Waals surface area contributed by atoms with Crippen LogP contribution in [0.1, 0.15) is 85.0 Å². The molecule has 0 aromatic heterocycles. The van der Waals surface area contributed by atoms with Gasteiger partial charge in [0.2, 0.25) is 0 Å². The van der Waals surface area contributed by atoms with Crippen LogP contribution in [0.2, 0.25) is 19.6 Å². The molecule has 0 aromatic rings. The molecule has 0 amide bonds. The van der Waals surface area contributed by atoms with Gasteiger partial charge in [-0.3, -0.25) is 0 Å². The summed E-state index contributed by atoms with van der Waals surface area (Å²) in [5, 5.41) is 0. The first kappa shape index (κ1) is 19.5. The lowest BCUT2D eigenvalue weighted by atomic mass is 9.44. The van der Waals surface area contributed by atoms with Crippen LogP contribution < -0.4 is 0 Å². The molecule has 4 fully saturated rings. The van der Waals surface area contributed by atoms with E-state index in [1.165, 1.54) is 64.2 Å². The highest BCUT2D eigenvalue weighted by atomic mass is 28.4. The van der Waals surface area contributed by atoms with Gasteiger partial charge in [0.05, 0.1) is 0 Å². The van der Waals surface area contributed by atoms with Gasteiger partial charge < -0.3 is 4.43 Å². The predicted molar refractivity (Wildman–Crippen MR) is 114 cm³/mol. The summed E-state index contributed by atoms with van der Waals surface area (Å²) in [5.41, 5.74) is 1.30. The third-order valence-corrected chi connectivity index (χ3v) is 10.9. The molecule has 0 saturated heterocycles. The Morgan fingerprint density at radius 3 is 2.23 bits per heavy atom. The van der Waals surface area contributed by atoms with E-state index in [1.807, 2.05) is 0 Å². The maximum absolute atomic E-state index is 6.56.